The minimum Gasteiger partial charge on any atom is -0.478 e. The number of benzene rings is 1. The predicted molar refractivity (Wildman–Crippen MR) is 82.0 cm³/mol. The van der Waals surface area contributed by atoms with E-state index >= 15 is 0 Å². The summed E-state index contributed by atoms with van der Waals surface area (Å²) in [5.41, 5.74) is 1.01. The zero-order valence-corrected chi connectivity index (χ0v) is 12.7. The fourth-order valence-corrected chi connectivity index (χ4v) is 2.17. The van der Waals surface area contributed by atoms with E-state index in [2.05, 4.69) is 26.3 Å². The molecular formula is C14H12BrN3O3. The molecule has 1 aromatic heterocycles. The van der Waals surface area contributed by atoms with Crippen molar-refractivity contribution < 1.29 is 14.7 Å². The van der Waals surface area contributed by atoms with Gasteiger partial charge in [-0.25, -0.2) is 4.79 Å². The number of rotatable bonds is 4. The van der Waals surface area contributed by atoms with Crippen LogP contribution in [0.4, 0.5) is 5.69 Å². The SMILES string of the molecule is Cn1nccc1C=CC(=O)Nc1c(Br)cccc1C(=O)O. The van der Waals surface area contributed by atoms with Gasteiger partial charge in [-0.1, -0.05) is 6.07 Å². The van der Waals surface area contributed by atoms with E-state index in [9.17, 15) is 9.59 Å². The smallest absolute Gasteiger partial charge is 0.337 e. The lowest BCUT2D eigenvalue weighted by Gasteiger charge is -2.08. The van der Waals surface area contributed by atoms with Crippen LogP contribution in [-0.2, 0) is 11.8 Å². The third-order valence-electron chi connectivity index (χ3n) is 2.76. The summed E-state index contributed by atoms with van der Waals surface area (Å²) in [5, 5.41) is 15.7. The second kappa shape index (κ2) is 6.36. The molecule has 1 heterocycles. The molecule has 0 aliphatic heterocycles. The second-order valence-corrected chi connectivity index (χ2v) is 5.02. The highest BCUT2D eigenvalue weighted by Crippen LogP contribution is 2.26. The van der Waals surface area contributed by atoms with E-state index in [0.717, 1.165) is 5.69 Å². The zero-order chi connectivity index (χ0) is 15.4. The molecule has 2 N–H and O–H groups in total. The highest BCUT2D eigenvalue weighted by Gasteiger charge is 2.14. The van der Waals surface area contributed by atoms with Crippen LogP contribution >= 0.6 is 15.9 Å². The molecule has 0 aliphatic rings. The molecule has 0 atom stereocenters. The van der Waals surface area contributed by atoms with Gasteiger partial charge in [-0.05, 0) is 40.2 Å². The van der Waals surface area contributed by atoms with Gasteiger partial charge in [0.1, 0.15) is 0 Å². The molecule has 7 heteroatoms. The van der Waals surface area contributed by atoms with Gasteiger partial charge in [-0.15, -0.1) is 0 Å². The lowest BCUT2D eigenvalue weighted by Crippen LogP contribution is -2.12. The molecule has 2 rings (SSSR count). The number of carboxylic acid groups (broad SMARTS) is 1. The normalized spacial score (nSPS) is 10.8. The van der Waals surface area contributed by atoms with E-state index < -0.39 is 11.9 Å². The van der Waals surface area contributed by atoms with Crippen molar-refractivity contribution in [2.45, 2.75) is 0 Å². The molecule has 108 valence electrons. The van der Waals surface area contributed by atoms with Crippen LogP contribution in [0, 0.1) is 0 Å². The summed E-state index contributed by atoms with van der Waals surface area (Å²) in [6.07, 6.45) is 4.54. The van der Waals surface area contributed by atoms with E-state index in [1.165, 1.54) is 12.1 Å². The van der Waals surface area contributed by atoms with E-state index in [4.69, 9.17) is 5.11 Å². The van der Waals surface area contributed by atoms with Gasteiger partial charge in [-0.2, -0.15) is 5.10 Å². The summed E-state index contributed by atoms with van der Waals surface area (Å²) in [4.78, 5) is 23.0. The number of nitrogens with zero attached hydrogens (tertiary/aromatic N) is 2. The monoisotopic (exact) mass is 349 g/mol. The van der Waals surface area contributed by atoms with E-state index in [1.54, 1.807) is 42.2 Å². The Morgan fingerprint density at radius 2 is 2.14 bits per heavy atom. The molecule has 0 saturated heterocycles. The van der Waals surface area contributed by atoms with Crippen molar-refractivity contribution in [2.24, 2.45) is 7.05 Å². The van der Waals surface area contributed by atoms with Gasteiger partial charge in [0.15, 0.2) is 0 Å². The van der Waals surface area contributed by atoms with Crippen molar-refractivity contribution >= 4 is 39.6 Å². The van der Waals surface area contributed by atoms with Crippen LogP contribution in [0.25, 0.3) is 6.08 Å². The number of aromatic nitrogens is 2. The molecule has 0 saturated carbocycles. The van der Waals surface area contributed by atoms with Crippen LogP contribution in [0.15, 0.2) is 41.0 Å². The third-order valence-corrected chi connectivity index (χ3v) is 3.42. The number of carbonyl (C=O) groups is 2. The molecule has 0 unspecified atom stereocenters. The summed E-state index contributed by atoms with van der Waals surface area (Å²) in [6, 6.07) is 6.43. The number of nitrogens with one attached hydrogen (secondary N) is 1. The highest BCUT2D eigenvalue weighted by atomic mass is 79.9. The molecule has 0 fully saturated rings. The average Bonchev–Trinajstić information content (AvgIpc) is 2.84. The number of carboxylic acids is 1. The van der Waals surface area contributed by atoms with Gasteiger partial charge in [0, 0.05) is 23.8 Å². The number of halogens is 1. The topological polar surface area (TPSA) is 84.2 Å². The van der Waals surface area contributed by atoms with Gasteiger partial charge in [0.05, 0.1) is 16.9 Å². The number of anilines is 1. The molecule has 0 aliphatic carbocycles. The van der Waals surface area contributed by atoms with Crippen molar-refractivity contribution in [3.8, 4) is 0 Å². The fourth-order valence-electron chi connectivity index (χ4n) is 1.70. The molecule has 21 heavy (non-hydrogen) atoms. The van der Waals surface area contributed by atoms with Crippen LogP contribution in [0.5, 0.6) is 0 Å². The van der Waals surface area contributed by atoms with Crippen molar-refractivity contribution in [1.29, 1.82) is 0 Å². The Labute approximate surface area is 129 Å². The summed E-state index contributed by atoms with van der Waals surface area (Å²) >= 11 is 3.23. The van der Waals surface area contributed by atoms with Gasteiger partial charge in [0.2, 0.25) is 5.91 Å². The highest BCUT2D eigenvalue weighted by molar-refractivity contribution is 9.10. The Kier molecular flexibility index (Phi) is 4.54. The van der Waals surface area contributed by atoms with Crippen molar-refractivity contribution in [3.05, 3.63) is 52.3 Å². The maximum Gasteiger partial charge on any atom is 0.337 e. The number of aryl methyl sites for hydroxylation is 1. The molecular weight excluding hydrogens is 338 g/mol. The quantitative estimate of drug-likeness (QED) is 0.830. The van der Waals surface area contributed by atoms with Crippen LogP contribution in [-0.4, -0.2) is 26.8 Å². The molecule has 0 radical (unpaired) electrons. The number of para-hydroxylation sites is 1. The minimum absolute atomic E-state index is 0.0201. The lowest BCUT2D eigenvalue weighted by molar-refractivity contribution is -0.111. The standard InChI is InChI=1S/C14H12BrN3O3/c1-18-9(7-8-16-18)5-6-12(19)17-13-10(14(20)21)3-2-4-11(13)15/h2-8H,1H3,(H,17,19)(H,20,21). The number of hydrogen-bond acceptors (Lipinski definition) is 3. The molecule has 6 nitrogen and oxygen atoms in total. The summed E-state index contributed by atoms with van der Waals surface area (Å²) in [6.45, 7) is 0. The van der Waals surface area contributed by atoms with E-state index in [-0.39, 0.29) is 11.3 Å². The molecule has 1 amide bonds. The Morgan fingerprint density at radius 3 is 2.76 bits per heavy atom. The predicted octanol–water partition coefficient (Wildman–Crippen LogP) is 2.53. The van der Waals surface area contributed by atoms with Gasteiger partial charge >= 0.3 is 5.97 Å². The first kappa shape index (κ1) is 15.0. The largest absolute Gasteiger partial charge is 0.478 e. The van der Waals surface area contributed by atoms with Crippen LogP contribution < -0.4 is 5.32 Å². The Bertz CT molecular complexity index is 722. The number of aromatic carboxylic acids is 1. The molecule has 1 aromatic carbocycles. The molecule has 0 bridgehead atoms. The van der Waals surface area contributed by atoms with Crippen LogP contribution in [0.2, 0.25) is 0 Å². The Balaban J connectivity index is 2.19. The number of amides is 1. The zero-order valence-electron chi connectivity index (χ0n) is 11.1. The Hall–Kier alpha value is -2.41. The average molecular weight is 350 g/mol. The maximum atomic E-state index is 11.9. The van der Waals surface area contributed by atoms with Crippen molar-refractivity contribution in [3.63, 3.8) is 0 Å². The summed E-state index contributed by atoms with van der Waals surface area (Å²) < 4.78 is 2.12. The van der Waals surface area contributed by atoms with Gasteiger partial charge in [-0.3, -0.25) is 9.48 Å². The first-order valence-electron chi connectivity index (χ1n) is 5.98. The van der Waals surface area contributed by atoms with Gasteiger partial charge in [0.25, 0.3) is 0 Å². The van der Waals surface area contributed by atoms with Crippen LogP contribution in [0.1, 0.15) is 16.1 Å². The van der Waals surface area contributed by atoms with E-state index in [0.29, 0.717) is 4.47 Å². The second-order valence-electron chi connectivity index (χ2n) is 4.17. The minimum atomic E-state index is -1.11. The first-order chi connectivity index (χ1) is 9.99. The maximum absolute atomic E-state index is 11.9. The molecule has 2 aromatic rings. The van der Waals surface area contributed by atoms with Crippen molar-refractivity contribution in [2.75, 3.05) is 5.32 Å². The number of carbonyl (C=O) groups excluding carboxylic acids is 1. The first-order valence-corrected chi connectivity index (χ1v) is 6.77. The molecule has 0 spiro atoms. The third kappa shape index (κ3) is 3.57. The Morgan fingerprint density at radius 1 is 1.38 bits per heavy atom. The van der Waals surface area contributed by atoms with Gasteiger partial charge < -0.3 is 10.4 Å². The van der Waals surface area contributed by atoms with E-state index in [1.807, 2.05) is 0 Å². The number of hydrogen-bond donors (Lipinski definition) is 2. The lowest BCUT2D eigenvalue weighted by atomic mass is 10.2. The summed E-state index contributed by atoms with van der Waals surface area (Å²) in [7, 11) is 1.76. The van der Waals surface area contributed by atoms with Crippen LogP contribution in [0.3, 0.4) is 0 Å². The summed E-state index contributed by atoms with van der Waals surface area (Å²) in [5.74, 6) is -1.53. The fraction of sp³-hybridized carbons (Fsp3) is 0.0714. The van der Waals surface area contributed by atoms with Crippen molar-refractivity contribution in [1.82, 2.24) is 9.78 Å².